The van der Waals surface area contributed by atoms with Gasteiger partial charge in [-0.3, -0.25) is 0 Å². The van der Waals surface area contributed by atoms with Gasteiger partial charge in [-0.1, -0.05) is 121 Å². The zero-order chi connectivity index (χ0) is 34.4. The first kappa shape index (κ1) is 31.2. The molecule has 52 heavy (non-hydrogen) atoms. The summed E-state index contributed by atoms with van der Waals surface area (Å²) in [4.78, 5) is 5.23. The van der Waals surface area contributed by atoms with E-state index in [0.29, 0.717) is 0 Å². The standard InChI is InChI=1S/C50H44N2/c1-4-15-35(16-5-1)40-27-28-44(42-21-9-8-20-41(40)42)50-46-26-24-37(51-29-10-2-11-30-51)33-47(46)49(43-22-14-18-36-17-6-7-19-39(36)43)45-25-23-38(34-48(45)50)52-31-12-3-13-32-52/h1,4-9,14-28,33-34H,2-3,10-13,29-32H2. The van der Waals surface area contributed by atoms with Crippen LogP contribution >= 0.6 is 0 Å². The van der Waals surface area contributed by atoms with Gasteiger partial charge >= 0.3 is 0 Å². The topological polar surface area (TPSA) is 6.48 Å². The first-order chi connectivity index (χ1) is 25.8. The van der Waals surface area contributed by atoms with Gasteiger partial charge in [-0.15, -0.1) is 0 Å². The van der Waals surface area contributed by atoms with Gasteiger partial charge in [-0.2, -0.15) is 0 Å². The van der Waals surface area contributed by atoms with Crippen LogP contribution in [-0.2, 0) is 0 Å². The Morgan fingerprint density at radius 3 is 1.40 bits per heavy atom. The Balaban J connectivity index is 1.34. The molecular weight excluding hydrogens is 629 g/mol. The molecule has 0 amide bonds. The smallest absolute Gasteiger partial charge is 0.0372 e. The lowest BCUT2D eigenvalue weighted by Gasteiger charge is -2.31. The highest BCUT2D eigenvalue weighted by atomic mass is 15.1. The van der Waals surface area contributed by atoms with E-state index in [1.54, 1.807) is 0 Å². The lowest BCUT2D eigenvalue weighted by Crippen LogP contribution is -2.29. The van der Waals surface area contributed by atoms with E-state index < -0.39 is 0 Å². The Labute approximate surface area is 306 Å². The maximum Gasteiger partial charge on any atom is 0.0372 e. The van der Waals surface area contributed by atoms with Gasteiger partial charge in [0.2, 0.25) is 0 Å². The van der Waals surface area contributed by atoms with Gasteiger partial charge < -0.3 is 9.80 Å². The summed E-state index contributed by atoms with van der Waals surface area (Å²) in [6.07, 6.45) is 7.69. The van der Waals surface area contributed by atoms with Crippen molar-refractivity contribution in [3.63, 3.8) is 0 Å². The zero-order valence-corrected chi connectivity index (χ0v) is 29.8. The van der Waals surface area contributed by atoms with E-state index in [0.717, 1.165) is 26.2 Å². The summed E-state index contributed by atoms with van der Waals surface area (Å²) in [5.41, 5.74) is 10.5. The van der Waals surface area contributed by atoms with Crippen molar-refractivity contribution in [1.82, 2.24) is 0 Å². The summed E-state index contributed by atoms with van der Waals surface area (Å²) in [6, 6.07) is 55.2. The summed E-state index contributed by atoms with van der Waals surface area (Å²) in [5.74, 6) is 0. The molecule has 0 atom stereocenters. The fourth-order valence-electron chi connectivity index (χ4n) is 9.31. The zero-order valence-electron chi connectivity index (χ0n) is 29.8. The van der Waals surface area contributed by atoms with Crippen molar-refractivity contribution in [2.75, 3.05) is 36.0 Å². The Morgan fingerprint density at radius 2 is 0.788 bits per heavy atom. The van der Waals surface area contributed by atoms with Crippen molar-refractivity contribution in [2.24, 2.45) is 0 Å². The minimum atomic E-state index is 1.12. The maximum absolute atomic E-state index is 2.62. The van der Waals surface area contributed by atoms with Gasteiger partial charge in [0.15, 0.2) is 0 Å². The van der Waals surface area contributed by atoms with Crippen LogP contribution in [0, 0.1) is 0 Å². The molecule has 0 aromatic heterocycles. The molecule has 0 unspecified atom stereocenters. The van der Waals surface area contributed by atoms with E-state index in [2.05, 4.69) is 155 Å². The lowest BCUT2D eigenvalue weighted by atomic mass is 9.82. The number of fused-ring (bicyclic) bond motifs is 4. The molecule has 2 aliphatic heterocycles. The van der Waals surface area contributed by atoms with Crippen LogP contribution in [0.3, 0.4) is 0 Å². The van der Waals surface area contributed by atoms with Crippen molar-refractivity contribution in [1.29, 1.82) is 0 Å². The van der Waals surface area contributed by atoms with Crippen molar-refractivity contribution in [3.8, 4) is 33.4 Å². The minimum Gasteiger partial charge on any atom is -0.372 e. The monoisotopic (exact) mass is 672 g/mol. The summed E-state index contributed by atoms with van der Waals surface area (Å²) < 4.78 is 0. The van der Waals surface area contributed by atoms with Crippen LogP contribution in [-0.4, -0.2) is 26.2 Å². The molecule has 2 fully saturated rings. The first-order valence-corrected chi connectivity index (χ1v) is 19.4. The quantitative estimate of drug-likeness (QED) is 0.168. The molecule has 8 aromatic rings. The average Bonchev–Trinajstić information content (AvgIpc) is 3.23. The highest BCUT2D eigenvalue weighted by Gasteiger charge is 2.23. The molecule has 0 N–H and O–H groups in total. The summed E-state index contributed by atoms with van der Waals surface area (Å²) in [6.45, 7) is 4.50. The summed E-state index contributed by atoms with van der Waals surface area (Å²) >= 11 is 0. The summed E-state index contributed by atoms with van der Waals surface area (Å²) in [5, 5.41) is 10.5. The third-order valence-electron chi connectivity index (χ3n) is 11.9. The molecule has 2 nitrogen and oxygen atoms in total. The molecule has 0 radical (unpaired) electrons. The third kappa shape index (κ3) is 5.32. The van der Waals surface area contributed by atoms with Crippen LogP contribution in [0.15, 0.2) is 146 Å². The molecule has 2 heteroatoms. The highest BCUT2D eigenvalue weighted by Crippen LogP contribution is 2.49. The fourth-order valence-corrected chi connectivity index (χ4v) is 9.31. The van der Waals surface area contributed by atoms with Crippen LogP contribution in [0.2, 0.25) is 0 Å². The number of benzene rings is 8. The molecule has 0 saturated carbocycles. The lowest BCUT2D eigenvalue weighted by molar-refractivity contribution is 0.578. The number of anilines is 2. The van der Waals surface area contributed by atoms with E-state index in [1.807, 2.05) is 0 Å². The van der Waals surface area contributed by atoms with E-state index in [4.69, 9.17) is 0 Å². The molecule has 0 bridgehead atoms. The van der Waals surface area contributed by atoms with Crippen molar-refractivity contribution >= 4 is 54.5 Å². The van der Waals surface area contributed by atoms with Gasteiger partial charge in [0.1, 0.15) is 0 Å². The molecule has 2 heterocycles. The first-order valence-electron chi connectivity index (χ1n) is 19.4. The van der Waals surface area contributed by atoms with Gasteiger partial charge in [0.05, 0.1) is 0 Å². The number of rotatable bonds is 5. The second-order valence-corrected chi connectivity index (χ2v) is 14.9. The molecule has 2 saturated heterocycles. The molecule has 254 valence electrons. The molecule has 0 aliphatic carbocycles. The van der Waals surface area contributed by atoms with E-state index in [1.165, 1.54) is 126 Å². The van der Waals surface area contributed by atoms with Crippen LogP contribution < -0.4 is 9.80 Å². The summed E-state index contributed by atoms with van der Waals surface area (Å²) in [7, 11) is 0. The second-order valence-electron chi connectivity index (χ2n) is 14.9. The van der Waals surface area contributed by atoms with Crippen molar-refractivity contribution in [2.45, 2.75) is 38.5 Å². The van der Waals surface area contributed by atoms with Crippen LogP contribution in [0.25, 0.3) is 76.5 Å². The minimum absolute atomic E-state index is 1.12. The molecule has 0 spiro atoms. The van der Waals surface area contributed by atoms with Crippen molar-refractivity contribution in [3.05, 3.63) is 146 Å². The number of nitrogens with zero attached hydrogens (tertiary/aromatic N) is 2. The largest absolute Gasteiger partial charge is 0.372 e. The van der Waals surface area contributed by atoms with E-state index >= 15 is 0 Å². The number of hydrogen-bond acceptors (Lipinski definition) is 2. The van der Waals surface area contributed by atoms with Crippen LogP contribution in [0.1, 0.15) is 38.5 Å². The number of hydrogen-bond donors (Lipinski definition) is 0. The molecule has 10 rings (SSSR count). The highest BCUT2D eigenvalue weighted by molar-refractivity contribution is 6.26. The van der Waals surface area contributed by atoms with E-state index in [9.17, 15) is 0 Å². The second kappa shape index (κ2) is 13.2. The van der Waals surface area contributed by atoms with Gasteiger partial charge in [0, 0.05) is 37.6 Å². The predicted molar refractivity (Wildman–Crippen MR) is 225 cm³/mol. The third-order valence-corrected chi connectivity index (χ3v) is 11.9. The van der Waals surface area contributed by atoms with Crippen LogP contribution in [0.5, 0.6) is 0 Å². The number of piperidine rings is 2. The SMILES string of the molecule is c1ccc(-c2ccc(-c3c4ccc(N5CCCCC5)cc4c(-c4cccc5ccccc45)c4ccc(N5CCCCC5)cc34)c3ccccc23)cc1. The maximum atomic E-state index is 2.62. The molecule has 2 aliphatic rings. The molecular formula is C50H44N2. The Bertz CT molecular complexity index is 2580. The van der Waals surface area contributed by atoms with E-state index in [-0.39, 0.29) is 0 Å². The average molecular weight is 673 g/mol. The van der Waals surface area contributed by atoms with Gasteiger partial charge in [-0.05, 0) is 139 Å². The van der Waals surface area contributed by atoms with Crippen LogP contribution in [0.4, 0.5) is 11.4 Å². The Morgan fingerprint density at radius 1 is 0.308 bits per heavy atom. The van der Waals surface area contributed by atoms with Crippen molar-refractivity contribution < 1.29 is 0 Å². The molecule has 8 aromatic carbocycles. The Kier molecular flexibility index (Phi) is 7.90. The normalized spacial score (nSPS) is 15.2. The fraction of sp³-hybridized carbons (Fsp3) is 0.200. The van der Waals surface area contributed by atoms with Gasteiger partial charge in [-0.25, -0.2) is 0 Å². The Hall–Kier alpha value is -5.60. The predicted octanol–water partition coefficient (Wildman–Crippen LogP) is 13.3. The van der Waals surface area contributed by atoms with Gasteiger partial charge in [0.25, 0.3) is 0 Å².